The summed E-state index contributed by atoms with van der Waals surface area (Å²) in [5.74, 6) is 0.716. The summed E-state index contributed by atoms with van der Waals surface area (Å²) in [5, 5.41) is 0. The van der Waals surface area contributed by atoms with E-state index in [0.29, 0.717) is 38.4 Å². The molecule has 0 atom stereocenters. The number of nitrogens with two attached hydrogens (primary N) is 2. The van der Waals surface area contributed by atoms with E-state index >= 15 is 0 Å². The molecule has 9 nitrogen and oxygen atoms in total. The first-order valence-corrected chi connectivity index (χ1v) is 12.5. The largest absolute Gasteiger partial charge is 0.354 e. The van der Waals surface area contributed by atoms with Gasteiger partial charge in [-0.1, -0.05) is 12.1 Å². The van der Waals surface area contributed by atoms with Gasteiger partial charge in [-0.25, -0.2) is 4.79 Å². The van der Waals surface area contributed by atoms with Crippen LogP contribution in [0.4, 0.5) is 5.82 Å². The molecule has 1 amide bonds. The van der Waals surface area contributed by atoms with Crippen molar-refractivity contribution in [3.8, 4) is 5.69 Å². The van der Waals surface area contributed by atoms with Crippen LogP contribution in [0.25, 0.3) is 5.69 Å². The van der Waals surface area contributed by atoms with Crippen molar-refractivity contribution < 1.29 is 4.79 Å². The molecule has 9 heteroatoms. The minimum Gasteiger partial charge on any atom is -0.353 e. The van der Waals surface area contributed by atoms with Gasteiger partial charge in [0, 0.05) is 69.5 Å². The highest BCUT2D eigenvalue weighted by Gasteiger charge is 2.27. The molecule has 1 aromatic carbocycles. The lowest BCUT2D eigenvalue weighted by molar-refractivity contribution is -0.132. The van der Waals surface area contributed by atoms with Crippen LogP contribution in [0.15, 0.2) is 41.3 Å². The number of hydrogen-bond acceptors (Lipinski definition) is 7. The minimum absolute atomic E-state index is 0.0668. The van der Waals surface area contributed by atoms with Gasteiger partial charge in [-0.05, 0) is 57.4 Å². The van der Waals surface area contributed by atoms with Crippen LogP contribution in [-0.4, -0.2) is 75.6 Å². The molecule has 0 radical (unpaired) electrons. The number of piperazine rings is 1. The Bertz CT molecular complexity index is 1090. The zero-order valence-corrected chi connectivity index (χ0v) is 21.2. The zero-order chi connectivity index (χ0) is 25.2. The summed E-state index contributed by atoms with van der Waals surface area (Å²) in [4.78, 5) is 36.0. The van der Waals surface area contributed by atoms with Gasteiger partial charge in [0.15, 0.2) is 0 Å². The Balaban J connectivity index is 1.39. The molecule has 2 fully saturated rings. The molecule has 0 aliphatic carbocycles. The lowest BCUT2D eigenvalue weighted by Crippen LogP contribution is -2.51. The molecule has 2 aliphatic rings. The van der Waals surface area contributed by atoms with Crippen molar-refractivity contribution in [2.24, 2.45) is 11.5 Å². The Morgan fingerprint density at radius 2 is 1.77 bits per heavy atom. The van der Waals surface area contributed by atoms with E-state index in [1.54, 1.807) is 10.8 Å². The van der Waals surface area contributed by atoms with Crippen molar-refractivity contribution in [3.63, 3.8) is 0 Å². The van der Waals surface area contributed by atoms with E-state index in [0.717, 1.165) is 38.2 Å². The number of aromatic nitrogens is 2. The van der Waals surface area contributed by atoms with E-state index in [1.807, 2.05) is 36.9 Å². The van der Waals surface area contributed by atoms with Crippen LogP contribution >= 0.6 is 0 Å². The first kappa shape index (κ1) is 25.3. The van der Waals surface area contributed by atoms with Crippen LogP contribution in [0, 0.1) is 0 Å². The SMILES string of the molecule is CC(C)(N)CC(=O)N1CCN(c2ccn(-c3cccc(CN4CCC(C)(N)CC4)c3)c(=O)n2)CC1. The minimum atomic E-state index is -0.517. The number of hydrogen-bond donors (Lipinski definition) is 2. The number of amides is 1. The molecular weight excluding hydrogens is 442 g/mol. The second kappa shape index (κ2) is 10.1. The quantitative estimate of drug-likeness (QED) is 0.640. The fourth-order valence-electron chi connectivity index (χ4n) is 4.74. The summed E-state index contributed by atoms with van der Waals surface area (Å²) in [6.45, 7) is 11.1. The Kier molecular flexibility index (Phi) is 7.30. The van der Waals surface area contributed by atoms with Crippen LogP contribution < -0.4 is 22.1 Å². The normalized spacial score (nSPS) is 19.1. The van der Waals surface area contributed by atoms with Crippen molar-refractivity contribution in [1.82, 2.24) is 19.4 Å². The van der Waals surface area contributed by atoms with Crippen LogP contribution in [0.5, 0.6) is 0 Å². The standard InChI is InChI=1S/C26H39N7O2/c1-25(2,27)18-23(34)32-15-13-31(14-16-32)22-7-10-33(24(35)29-22)21-6-4-5-20(17-21)19-30-11-8-26(3,28)9-12-30/h4-7,10,17H,8-9,11-16,18-19,27-28H2,1-3H3. The number of rotatable bonds is 6. The molecule has 2 saturated heterocycles. The maximum atomic E-state index is 12.9. The third-order valence-electron chi connectivity index (χ3n) is 6.95. The molecule has 3 heterocycles. The number of benzene rings is 1. The molecule has 4 N–H and O–H groups in total. The van der Waals surface area contributed by atoms with E-state index in [-0.39, 0.29) is 17.1 Å². The molecular formula is C26H39N7O2. The van der Waals surface area contributed by atoms with Gasteiger partial charge in [-0.3, -0.25) is 14.3 Å². The predicted octanol–water partition coefficient (Wildman–Crippen LogP) is 1.32. The van der Waals surface area contributed by atoms with Gasteiger partial charge in [-0.15, -0.1) is 0 Å². The van der Waals surface area contributed by atoms with Gasteiger partial charge < -0.3 is 21.3 Å². The summed E-state index contributed by atoms with van der Waals surface area (Å²) < 4.78 is 1.59. The molecule has 35 heavy (non-hydrogen) atoms. The van der Waals surface area contributed by atoms with Gasteiger partial charge in [0.05, 0.1) is 5.69 Å². The molecule has 1 aromatic heterocycles. The summed E-state index contributed by atoms with van der Waals surface area (Å²) >= 11 is 0. The number of carbonyl (C=O) groups is 1. The first-order valence-electron chi connectivity index (χ1n) is 12.5. The third kappa shape index (κ3) is 6.68. The van der Waals surface area contributed by atoms with E-state index in [9.17, 15) is 9.59 Å². The van der Waals surface area contributed by atoms with Gasteiger partial charge in [0.1, 0.15) is 5.82 Å². The van der Waals surface area contributed by atoms with Crippen LogP contribution in [0.3, 0.4) is 0 Å². The highest BCUT2D eigenvalue weighted by Crippen LogP contribution is 2.21. The van der Waals surface area contributed by atoms with Crippen molar-refractivity contribution in [2.75, 3.05) is 44.2 Å². The fourth-order valence-corrected chi connectivity index (χ4v) is 4.74. The molecule has 2 aliphatic heterocycles. The van der Waals surface area contributed by atoms with Crippen molar-refractivity contribution in [1.29, 1.82) is 0 Å². The van der Waals surface area contributed by atoms with E-state index in [1.165, 1.54) is 5.56 Å². The number of likely N-dealkylation sites (tertiary alicyclic amines) is 1. The smallest absolute Gasteiger partial charge is 0.353 e. The predicted molar refractivity (Wildman–Crippen MR) is 139 cm³/mol. The van der Waals surface area contributed by atoms with Crippen LogP contribution in [0.1, 0.15) is 45.6 Å². The lowest BCUT2D eigenvalue weighted by Gasteiger charge is -2.36. The van der Waals surface area contributed by atoms with Gasteiger partial charge in [-0.2, -0.15) is 4.98 Å². The zero-order valence-electron chi connectivity index (χ0n) is 21.2. The first-order chi connectivity index (χ1) is 16.5. The van der Waals surface area contributed by atoms with Gasteiger partial charge in [0.2, 0.25) is 5.91 Å². The molecule has 4 rings (SSSR count). The molecule has 0 saturated carbocycles. The van der Waals surface area contributed by atoms with Gasteiger partial charge >= 0.3 is 5.69 Å². The number of carbonyl (C=O) groups excluding carboxylic acids is 1. The van der Waals surface area contributed by atoms with Crippen LogP contribution in [0.2, 0.25) is 0 Å². The summed E-state index contributed by atoms with van der Waals surface area (Å²) in [7, 11) is 0. The fraction of sp³-hybridized carbons (Fsp3) is 0.577. The Morgan fingerprint density at radius 3 is 2.40 bits per heavy atom. The Morgan fingerprint density at radius 1 is 1.09 bits per heavy atom. The molecule has 0 spiro atoms. The summed E-state index contributed by atoms with van der Waals surface area (Å²) in [6.07, 6.45) is 4.10. The Labute approximate surface area is 207 Å². The highest BCUT2D eigenvalue weighted by molar-refractivity contribution is 5.77. The monoisotopic (exact) mass is 481 g/mol. The maximum absolute atomic E-state index is 12.9. The molecule has 190 valence electrons. The lowest BCUT2D eigenvalue weighted by atomic mass is 9.91. The molecule has 0 unspecified atom stereocenters. The second-order valence-electron chi connectivity index (χ2n) is 11.1. The maximum Gasteiger partial charge on any atom is 0.354 e. The van der Waals surface area contributed by atoms with E-state index < -0.39 is 5.54 Å². The number of piperidine rings is 1. The summed E-state index contributed by atoms with van der Waals surface area (Å²) in [6, 6.07) is 9.95. The highest BCUT2D eigenvalue weighted by atomic mass is 16.2. The van der Waals surface area contributed by atoms with Crippen molar-refractivity contribution >= 4 is 11.7 Å². The van der Waals surface area contributed by atoms with Crippen molar-refractivity contribution in [3.05, 3.63) is 52.6 Å². The Hall–Kier alpha value is -2.75. The second-order valence-corrected chi connectivity index (χ2v) is 11.1. The van der Waals surface area contributed by atoms with Gasteiger partial charge in [0.25, 0.3) is 0 Å². The molecule has 2 aromatic rings. The van der Waals surface area contributed by atoms with E-state index in [4.69, 9.17) is 11.5 Å². The summed E-state index contributed by atoms with van der Waals surface area (Å²) in [5.41, 5.74) is 13.3. The third-order valence-corrected chi connectivity index (χ3v) is 6.95. The van der Waals surface area contributed by atoms with Crippen LogP contribution in [-0.2, 0) is 11.3 Å². The average molecular weight is 482 g/mol. The number of anilines is 1. The molecule has 0 bridgehead atoms. The number of nitrogens with zero attached hydrogens (tertiary/aromatic N) is 5. The van der Waals surface area contributed by atoms with E-state index in [2.05, 4.69) is 33.8 Å². The average Bonchev–Trinajstić information content (AvgIpc) is 2.79. The van der Waals surface area contributed by atoms with Crippen molar-refractivity contribution in [2.45, 2.75) is 57.7 Å². The topological polar surface area (TPSA) is 114 Å².